The fourth-order valence-corrected chi connectivity index (χ4v) is 1.36. The first-order valence-electron chi connectivity index (χ1n) is 3.71. The first-order chi connectivity index (χ1) is 6.13. The van der Waals surface area contributed by atoms with Crippen molar-refractivity contribution < 1.29 is 8.78 Å². The van der Waals surface area contributed by atoms with Crippen molar-refractivity contribution in [3.05, 3.63) is 5.01 Å². The standard InChI is InChI=1S/C6H10F2N4S/c1-3(2-9)10-6-12-11-5(13-6)4(7)8/h3-4H,2,9H2,1H3,(H,10,12). The Hall–Kier alpha value is -0.820. The second kappa shape index (κ2) is 4.43. The number of nitrogens with zero attached hydrogens (tertiary/aromatic N) is 2. The van der Waals surface area contributed by atoms with Crippen molar-refractivity contribution in [1.82, 2.24) is 10.2 Å². The van der Waals surface area contributed by atoms with Crippen LogP contribution < -0.4 is 11.1 Å². The van der Waals surface area contributed by atoms with Crippen molar-refractivity contribution in [2.75, 3.05) is 11.9 Å². The summed E-state index contributed by atoms with van der Waals surface area (Å²) in [5, 5.41) is 9.83. The van der Waals surface area contributed by atoms with Crippen LogP contribution in [0.2, 0.25) is 0 Å². The monoisotopic (exact) mass is 208 g/mol. The lowest BCUT2D eigenvalue weighted by Crippen LogP contribution is -2.24. The van der Waals surface area contributed by atoms with Crippen LogP contribution in [0, 0.1) is 0 Å². The first-order valence-corrected chi connectivity index (χ1v) is 4.53. The van der Waals surface area contributed by atoms with Crippen LogP contribution in [-0.2, 0) is 0 Å². The third-order valence-electron chi connectivity index (χ3n) is 1.35. The molecule has 1 aromatic rings. The lowest BCUT2D eigenvalue weighted by molar-refractivity contribution is 0.150. The predicted octanol–water partition coefficient (Wildman–Crippen LogP) is 1.23. The van der Waals surface area contributed by atoms with Crippen molar-refractivity contribution in [1.29, 1.82) is 0 Å². The van der Waals surface area contributed by atoms with Gasteiger partial charge in [0.2, 0.25) is 5.13 Å². The minimum Gasteiger partial charge on any atom is -0.356 e. The summed E-state index contributed by atoms with van der Waals surface area (Å²) in [6.45, 7) is 2.26. The maximum Gasteiger partial charge on any atom is 0.291 e. The number of anilines is 1. The summed E-state index contributed by atoms with van der Waals surface area (Å²) in [7, 11) is 0. The van der Waals surface area contributed by atoms with Gasteiger partial charge in [-0.15, -0.1) is 10.2 Å². The Bertz CT molecular complexity index is 265. The van der Waals surface area contributed by atoms with E-state index in [2.05, 4.69) is 15.5 Å². The van der Waals surface area contributed by atoms with Crippen LogP contribution >= 0.6 is 11.3 Å². The molecule has 0 bridgehead atoms. The molecule has 0 aromatic carbocycles. The largest absolute Gasteiger partial charge is 0.356 e. The third kappa shape index (κ3) is 2.85. The number of alkyl halides is 2. The van der Waals surface area contributed by atoms with E-state index in [0.29, 0.717) is 11.7 Å². The van der Waals surface area contributed by atoms with Gasteiger partial charge in [-0.2, -0.15) is 0 Å². The molecule has 74 valence electrons. The summed E-state index contributed by atoms with van der Waals surface area (Å²) in [5.41, 5.74) is 5.33. The van der Waals surface area contributed by atoms with Crippen molar-refractivity contribution in [2.45, 2.75) is 19.4 Å². The van der Waals surface area contributed by atoms with Gasteiger partial charge in [-0.3, -0.25) is 0 Å². The summed E-state index contributed by atoms with van der Waals surface area (Å²) >= 11 is 0.846. The molecule has 0 fully saturated rings. The molecule has 1 unspecified atom stereocenters. The maximum absolute atomic E-state index is 12.1. The average Bonchev–Trinajstić information content (AvgIpc) is 2.52. The fourth-order valence-electron chi connectivity index (χ4n) is 0.651. The van der Waals surface area contributed by atoms with Gasteiger partial charge < -0.3 is 11.1 Å². The van der Waals surface area contributed by atoms with E-state index >= 15 is 0 Å². The topological polar surface area (TPSA) is 63.8 Å². The molecule has 4 nitrogen and oxygen atoms in total. The molecule has 3 N–H and O–H groups in total. The van der Waals surface area contributed by atoms with Crippen molar-refractivity contribution in [2.24, 2.45) is 5.73 Å². The Balaban J connectivity index is 2.58. The smallest absolute Gasteiger partial charge is 0.291 e. The van der Waals surface area contributed by atoms with Crippen LogP contribution in [0.15, 0.2) is 0 Å². The molecular weight excluding hydrogens is 198 g/mol. The number of hydrogen-bond donors (Lipinski definition) is 2. The highest BCUT2D eigenvalue weighted by molar-refractivity contribution is 7.15. The molecule has 0 aliphatic carbocycles. The molecule has 0 aliphatic heterocycles. The minimum absolute atomic E-state index is 0.0125. The molecule has 0 saturated heterocycles. The van der Waals surface area contributed by atoms with Gasteiger partial charge in [-0.05, 0) is 6.92 Å². The van der Waals surface area contributed by atoms with Gasteiger partial charge in [-0.25, -0.2) is 8.78 Å². The second-order valence-corrected chi connectivity index (χ2v) is 3.54. The highest BCUT2D eigenvalue weighted by atomic mass is 32.1. The van der Waals surface area contributed by atoms with Crippen LogP contribution in [0.5, 0.6) is 0 Å². The van der Waals surface area contributed by atoms with E-state index < -0.39 is 6.43 Å². The van der Waals surface area contributed by atoms with Crippen molar-refractivity contribution >= 4 is 16.5 Å². The van der Waals surface area contributed by atoms with E-state index in [9.17, 15) is 8.78 Å². The van der Waals surface area contributed by atoms with Gasteiger partial charge in [0.1, 0.15) is 0 Å². The Morgan fingerprint density at radius 2 is 2.23 bits per heavy atom. The quantitative estimate of drug-likeness (QED) is 0.781. The summed E-state index contributed by atoms with van der Waals surface area (Å²) in [5.74, 6) is 0. The van der Waals surface area contributed by atoms with Gasteiger partial charge >= 0.3 is 0 Å². The molecule has 1 atom stereocenters. The zero-order valence-corrected chi connectivity index (χ0v) is 7.81. The SMILES string of the molecule is CC(CN)Nc1nnc(C(F)F)s1. The number of halogens is 2. The molecule has 1 aromatic heterocycles. The van der Waals surface area contributed by atoms with E-state index in [1.54, 1.807) is 0 Å². The number of nitrogens with one attached hydrogen (secondary N) is 1. The summed E-state index contributed by atoms with van der Waals surface area (Å²) in [6, 6.07) is 0.0125. The molecular formula is C6H10F2N4S. The number of rotatable bonds is 4. The van der Waals surface area contributed by atoms with Crippen molar-refractivity contribution in [3.8, 4) is 0 Å². The van der Waals surface area contributed by atoms with E-state index in [4.69, 9.17) is 5.73 Å². The van der Waals surface area contributed by atoms with Gasteiger partial charge in [0, 0.05) is 12.6 Å². The van der Waals surface area contributed by atoms with Crippen LogP contribution in [0.4, 0.5) is 13.9 Å². The van der Waals surface area contributed by atoms with E-state index in [1.807, 2.05) is 6.92 Å². The molecule has 0 saturated carbocycles. The Morgan fingerprint density at radius 1 is 1.54 bits per heavy atom. The lowest BCUT2D eigenvalue weighted by atomic mass is 10.4. The van der Waals surface area contributed by atoms with E-state index in [-0.39, 0.29) is 11.0 Å². The lowest BCUT2D eigenvalue weighted by Gasteiger charge is -2.07. The maximum atomic E-state index is 12.1. The summed E-state index contributed by atoms with van der Waals surface area (Å²) in [6.07, 6.45) is -2.55. The molecule has 0 spiro atoms. The van der Waals surface area contributed by atoms with Gasteiger partial charge in [0.15, 0.2) is 5.01 Å². The first kappa shape index (κ1) is 10.3. The Labute approximate surface area is 78.2 Å². The molecule has 1 heterocycles. The molecule has 13 heavy (non-hydrogen) atoms. The molecule has 0 radical (unpaired) electrons. The fraction of sp³-hybridized carbons (Fsp3) is 0.667. The van der Waals surface area contributed by atoms with E-state index in [1.165, 1.54) is 0 Å². The Kier molecular flexibility index (Phi) is 3.49. The summed E-state index contributed by atoms with van der Waals surface area (Å²) in [4.78, 5) is 0. The van der Waals surface area contributed by atoms with Crippen LogP contribution in [0.1, 0.15) is 18.4 Å². The van der Waals surface area contributed by atoms with Gasteiger partial charge in [0.25, 0.3) is 6.43 Å². The highest BCUT2D eigenvalue weighted by Crippen LogP contribution is 2.25. The van der Waals surface area contributed by atoms with Crippen LogP contribution in [0.25, 0.3) is 0 Å². The molecule has 7 heteroatoms. The zero-order chi connectivity index (χ0) is 9.84. The zero-order valence-electron chi connectivity index (χ0n) is 7.00. The van der Waals surface area contributed by atoms with Crippen LogP contribution in [0.3, 0.4) is 0 Å². The number of nitrogens with two attached hydrogens (primary N) is 1. The van der Waals surface area contributed by atoms with Crippen molar-refractivity contribution in [3.63, 3.8) is 0 Å². The molecule has 1 rings (SSSR count). The van der Waals surface area contributed by atoms with Gasteiger partial charge in [0.05, 0.1) is 0 Å². The second-order valence-electron chi connectivity index (χ2n) is 2.53. The molecule has 0 amide bonds. The minimum atomic E-state index is -2.55. The predicted molar refractivity (Wildman–Crippen MR) is 47.0 cm³/mol. The Morgan fingerprint density at radius 3 is 2.69 bits per heavy atom. The summed E-state index contributed by atoms with van der Waals surface area (Å²) < 4.78 is 24.1. The highest BCUT2D eigenvalue weighted by Gasteiger charge is 2.14. The third-order valence-corrected chi connectivity index (χ3v) is 2.21. The number of aromatic nitrogens is 2. The normalized spacial score (nSPS) is 13.3. The van der Waals surface area contributed by atoms with Crippen LogP contribution in [-0.4, -0.2) is 22.8 Å². The van der Waals surface area contributed by atoms with E-state index in [0.717, 1.165) is 11.3 Å². The van der Waals surface area contributed by atoms with Gasteiger partial charge in [-0.1, -0.05) is 11.3 Å². The number of hydrogen-bond acceptors (Lipinski definition) is 5. The molecule has 0 aliphatic rings. The average molecular weight is 208 g/mol.